The molecule has 3 heterocycles. The fourth-order valence-electron chi connectivity index (χ4n) is 4.44. The number of amides is 1. The van der Waals surface area contributed by atoms with E-state index in [2.05, 4.69) is 18.9 Å². The molecule has 34 heavy (non-hydrogen) atoms. The molecule has 0 fully saturated rings. The van der Waals surface area contributed by atoms with Gasteiger partial charge in [0.25, 0.3) is 5.56 Å². The number of carbonyl (C=O) groups is 1. The molecular formula is C26H27N5O2S. The zero-order chi connectivity index (χ0) is 24.0. The molecule has 5 rings (SSSR count). The molecule has 0 bridgehead atoms. The highest BCUT2D eigenvalue weighted by molar-refractivity contribution is 7.99. The maximum absolute atomic E-state index is 13.5. The first-order chi connectivity index (χ1) is 16.4. The van der Waals surface area contributed by atoms with Crippen molar-refractivity contribution in [3.05, 3.63) is 75.7 Å². The summed E-state index contributed by atoms with van der Waals surface area (Å²) < 4.78 is 3.40. The van der Waals surface area contributed by atoms with Gasteiger partial charge in [-0.15, -0.1) is 0 Å². The molecule has 174 valence electrons. The number of hydrogen-bond acceptors (Lipinski definition) is 5. The third-order valence-electron chi connectivity index (χ3n) is 6.45. The summed E-state index contributed by atoms with van der Waals surface area (Å²) in [6, 6.07) is 13.8. The molecule has 0 radical (unpaired) electrons. The van der Waals surface area contributed by atoms with Crippen molar-refractivity contribution < 1.29 is 4.79 Å². The Hall–Kier alpha value is -3.39. The second kappa shape index (κ2) is 8.76. The maximum Gasteiger partial charge on any atom is 0.265 e. The Morgan fingerprint density at radius 3 is 2.71 bits per heavy atom. The minimum atomic E-state index is -0.235. The summed E-state index contributed by atoms with van der Waals surface area (Å²) >= 11 is 1.52. The van der Waals surface area contributed by atoms with Gasteiger partial charge in [0.15, 0.2) is 10.8 Å². The lowest BCUT2D eigenvalue weighted by Crippen LogP contribution is -2.34. The van der Waals surface area contributed by atoms with Gasteiger partial charge in [-0.05, 0) is 68.7 Å². The van der Waals surface area contributed by atoms with E-state index in [1.54, 1.807) is 20.3 Å². The van der Waals surface area contributed by atoms with Crippen molar-refractivity contribution in [1.82, 2.24) is 19.3 Å². The van der Waals surface area contributed by atoms with Gasteiger partial charge in [0.2, 0.25) is 5.91 Å². The second-order valence-corrected chi connectivity index (χ2v) is 9.76. The minimum absolute atomic E-state index is 0.00405. The van der Waals surface area contributed by atoms with E-state index in [1.807, 2.05) is 56.3 Å². The first kappa shape index (κ1) is 22.4. The van der Waals surface area contributed by atoms with Crippen LogP contribution in [0.4, 0.5) is 5.69 Å². The Balaban J connectivity index is 1.48. The molecule has 1 aliphatic heterocycles. The van der Waals surface area contributed by atoms with E-state index in [-0.39, 0.29) is 23.9 Å². The first-order valence-electron chi connectivity index (χ1n) is 11.4. The fourth-order valence-corrected chi connectivity index (χ4v) is 5.57. The average Bonchev–Trinajstić information content (AvgIpc) is 3.41. The standard InChI is InChI=1S/C26H27N5O2S/c1-5-29(19-8-6-7-16(2)11-19)23(32)13-21-15-34-26-28-24-22(25(33)30(21)26)14-27-31(24)20-10-9-17(3)18(4)12-20/h6-12,14,21H,5,13,15H2,1-4H3. The Bertz CT molecular complexity index is 1470. The van der Waals surface area contributed by atoms with Gasteiger partial charge in [-0.3, -0.25) is 14.2 Å². The topological polar surface area (TPSA) is 73.0 Å². The zero-order valence-electron chi connectivity index (χ0n) is 19.8. The molecule has 0 saturated heterocycles. The summed E-state index contributed by atoms with van der Waals surface area (Å²) in [4.78, 5) is 33.3. The zero-order valence-corrected chi connectivity index (χ0v) is 20.6. The van der Waals surface area contributed by atoms with E-state index in [4.69, 9.17) is 4.98 Å². The van der Waals surface area contributed by atoms with Crippen LogP contribution >= 0.6 is 11.8 Å². The molecule has 0 aliphatic carbocycles. The SMILES string of the molecule is CCN(C(=O)CC1CSc2nc3c(cnn3-c3ccc(C)c(C)c3)c(=O)n21)c1cccc(C)c1. The van der Waals surface area contributed by atoms with Crippen LogP contribution in [0.3, 0.4) is 0 Å². The Morgan fingerprint density at radius 2 is 1.97 bits per heavy atom. The van der Waals surface area contributed by atoms with E-state index in [0.29, 0.717) is 28.5 Å². The molecule has 0 spiro atoms. The van der Waals surface area contributed by atoms with Gasteiger partial charge in [-0.2, -0.15) is 5.10 Å². The van der Waals surface area contributed by atoms with Crippen molar-refractivity contribution in [3.8, 4) is 5.69 Å². The van der Waals surface area contributed by atoms with E-state index < -0.39 is 0 Å². The number of fused-ring (bicyclic) bond motifs is 2. The van der Waals surface area contributed by atoms with Crippen molar-refractivity contribution >= 4 is 34.4 Å². The third-order valence-corrected chi connectivity index (χ3v) is 7.54. The lowest BCUT2D eigenvalue weighted by Gasteiger charge is -2.23. The number of anilines is 1. The van der Waals surface area contributed by atoms with Gasteiger partial charge in [0, 0.05) is 24.4 Å². The summed E-state index contributed by atoms with van der Waals surface area (Å²) in [5.74, 6) is 0.646. The molecule has 2 aromatic heterocycles. The van der Waals surface area contributed by atoms with Gasteiger partial charge in [0.1, 0.15) is 5.39 Å². The van der Waals surface area contributed by atoms with Crippen molar-refractivity contribution in [2.24, 2.45) is 0 Å². The molecular weight excluding hydrogens is 446 g/mol. The lowest BCUT2D eigenvalue weighted by atomic mass is 10.1. The van der Waals surface area contributed by atoms with Crippen LogP contribution in [-0.2, 0) is 4.79 Å². The van der Waals surface area contributed by atoms with Gasteiger partial charge >= 0.3 is 0 Å². The lowest BCUT2D eigenvalue weighted by molar-refractivity contribution is -0.119. The van der Waals surface area contributed by atoms with Crippen molar-refractivity contribution in [3.63, 3.8) is 0 Å². The molecule has 7 nitrogen and oxygen atoms in total. The van der Waals surface area contributed by atoms with Crippen LogP contribution in [0.5, 0.6) is 0 Å². The summed E-state index contributed by atoms with van der Waals surface area (Å²) in [5, 5.41) is 5.57. The van der Waals surface area contributed by atoms with Gasteiger partial charge in [-0.1, -0.05) is 30.0 Å². The summed E-state index contributed by atoms with van der Waals surface area (Å²) in [7, 11) is 0. The Morgan fingerprint density at radius 1 is 1.15 bits per heavy atom. The van der Waals surface area contributed by atoms with E-state index in [9.17, 15) is 9.59 Å². The molecule has 1 unspecified atom stereocenters. The van der Waals surface area contributed by atoms with Crippen molar-refractivity contribution in [2.45, 2.75) is 45.3 Å². The number of benzene rings is 2. The quantitative estimate of drug-likeness (QED) is 0.396. The second-order valence-electron chi connectivity index (χ2n) is 8.78. The predicted octanol–water partition coefficient (Wildman–Crippen LogP) is 4.60. The monoisotopic (exact) mass is 473 g/mol. The van der Waals surface area contributed by atoms with Crippen LogP contribution in [0, 0.1) is 20.8 Å². The number of thioether (sulfide) groups is 1. The molecule has 1 amide bonds. The summed E-state index contributed by atoms with van der Waals surface area (Å²) in [6.07, 6.45) is 1.83. The molecule has 2 aromatic carbocycles. The number of nitrogens with zero attached hydrogens (tertiary/aromatic N) is 5. The van der Waals surface area contributed by atoms with E-state index >= 15 is 0 Å². The van der Waals surface area contributed by atoms with E-state index in [1.165, 1.54) is 17.3 Å². The number of hydrogen-bond donors (Lipinski definition) is 0. The highest BCUT2D eigenvalue weighted by atomic mass is 32.2. The van der Waals surface area contributed by atoms with Crippen LogP contribution in [0.2, 0.25) is 0 Å². The highest BCUT2D eigenvalue weighted by Gasteiger charge is 2.31. The normalized spacial score (nSPS) is 15.0. The van der Waals surface area contributed by atoms with Gasteiger partial charge in [0.05, 0.1) is 17.9 Å². The third kappa shape index (κ3) is 3.81. The smallest absolute Gasteiger partial charge is 0.265 e. The summed E-state index contributed by atoms with van der Waals surface area (Å²) in [5.41, 5.74) is 5.62. The summed E-state index contributed by atoms with van der Waals surface area (Å²) in [6.45, 7) is 8.67. The molecule has 0 N–H and O–H groups in total. The highest BCUT2D eigenvalue weighted by Crippen LogP contribution is 2.34. The van der Waals surface area contributed by atoms with Crippen LogP contribution in [0.15, 0.2) is 58.6 Å². The largest absolute Gasteiger partial charge is 0.313 e. The molecule has 1 aliphatic rings. The van der Waals surface area contributed by atoms with E-state index in [0.717, 1.165) is 22.5 Å². The van der Waals surface area contributed by atoms with Crippen LogP contribution < -0.4 is 10.5 Å². The van der Waals surface area contributed by atoms with Crippen LogP contribution in [0.1, 0.15) is 36.1 Å². The number of aryl methyl sites for hydroxylation is 3. The Kier molecular flexibility index (Phi) is 5.77. The van der Waals surface area contributed by atoms with Crippen molar-refractivity contribution in [2.75, 3.05) is 17.2 Å². The first-order valence-corrected chi connectivity index (χ1v) is 12.4. The fraction of sp³-hybridized carbons (Fsp3) is 0.308. The van der Waals surface area contributed by atoms with Gasteiger partial charge in [-0.25, -0.2) is 9.67 Å². The van der Waals surface area contributed by atoms with Crippen LogP contribution in [-0.4, -0.2) is 37.5 Å². The van der Waals surface area contributed by atoms with Crippen molar-refractivity contribution in [1.29, 1.82) is 0 Å². The van der Waals surface area contributed by atoms with Gasteiger partial charge < -0.3 is 4.90 Å². The minimum Gasteiger partial charge on any atom is -0.313 e. The average molecular weight is 474 g/mol. The number of aromatic nitrogens is 4. The molecule has 0 saturated carbocycles. The van der Waals surface area contributed by atoms with Crippen LogP contribution in [0.25, 0.3) is 16.7 Å². The molecule has 8 heteroatoms. The number of carbonyl (C=O) groups excluding carboxylic acids is 1. The predicted molar refractivity (Wildman–Crippen MR) is 136 cm³/mol. The molecule has 1 atom stereocenters. The molecule has 4 aromatic rings. The maximum atomic E-state index is 13.5. The number of rotatable bonds is 5. The Labute approximate surface area is 202 Å².